The number of ether oxygens (including phenoxy) is 5. The van der Waals surface area contributed by atoms with Crippen molar-refractivity contribution in [2.24, 2.45) is 0 Å². The third-order valence-electron chi connectivity index (χ3n) is 8.49. The Balaban J connectivity index is 1.53. The standard InChI is InChI=1S/C39H44N2O6/c1-39(2,3)29-13-10-27(11-14-29)33(22-30-15-21-37(42)41(30)24-28-12-18-32(44-5)23-36(28)46-7)34-19-20-35(45-6)38(40-34)47-25-26-8-16-31(43-4)17-9-26/h8-14,16-20,22-23,30H,15,21,24-25H2,1-7H3/t30-/m1/s1. The molecule has 1 amide bonds. The second-order valence-corrected chi connectivity index (χ2v) is 12.6. The smallest absolute Gasteiger partial charge is 0.257 e. The van der Waals surface area contributed by atoms with Crippen molar-refractivity contribution in [3.05, 3.63) is 113 Å². The summed E-state index contributed by atoms with van der Waals surface area (Å²) in [7, 11) is 6.50. The molecule has 1 aliphatic heterocycles. The van der Waals surface area contributed by atoms with E-state index in [0.717, 1.165) is 33.7 Å². The zero-order valence-corrected chi connectivity index (χ0v) is 28.3. The fourth-order valence-corrected chi connectivity index (χ4v) is 5.68. The Hall–Kier alpha value is -4.98. The first kappa shape index (κ1) is 33.4. The largest absolute Gasteiger partial charge is 0.497 e. The van der Waals surface area contributed by atoms with E-state index in [1.807, 2.05) is 59.5 Å². The van der Waals surface area contributed by atoms with Gasteiger partial charge in [-0.15, -0.1) is 0 Å². The highest BCUT2D eigenvalue weighted by Crippen LogP contribution is 2.35. The fourth-order valence-electron chi connectivity index (χ4n) is 5.68. The van der Waals surface area contributed by atoms with Crippen molar-refractivity contribution < 1.29 is 28.5 Å². The monoisotopic (exact) mass is 636 g/mol. The highest BCUT2D eigenvalue weighted by molar-refractivity contribution is 5.83. The fraction of sp³-hybridized carbons (Fsp3) is 0.333. The summed E-state index contributed by atoms with van der Waals surface area (Å²) in [5.74, 6) is 3.18. The molecule has 1 aromatic heterocycles. The Morgan fingerprint density at radius 1 is 0.830 bits per heavy atom. The van der Waals surface area contributed by atoms with E-state index < -0.39 is 0 Å². The number of nitrogens with zero attached hydrogens (tertiary/aromatic N) is 2. The maximum absolute atomic E-state index is 13.3. The van der Waals surface area contributed by atoms with Crippen LogP contribution in [0, 0.1) is 0 Å². The molecule has 0 aliphatic carbocycles. The van der Waals surface area contributed by atoms with Crippen LogP contribution in [0.1, 0.15) is 61.6 Å². The summed E-state index contributed by atoms with van der Waals surface area (Å²) in [5.41, 5.74) is 5.76. The molecule has 3 aromatic carbocycles. The Labute approximate surface area is 277 Å². The average Bonchev–Trinajstić information content (AvgIpc) is 3.43. The van der Waals surface area contributed by atoms with Crippen LogP contribution >= 0.6 is 0 Å². The summed E-state index contributed by atoms with van der Waals surface area (Å²) in [6.45, 7) is 7.32. The van der Waals surface area contributed by atoms with Gasteiger partial charge >= 0.3 is 0 Å². The first-order valence-corrected chi connectivity index (χ1v) is 15.8. The van der Waals surface area contributed by atoms with Gasteiger partial charge in [0.2, 0.25) is 5.91 Å². The molecular formula is C39H44N2O6. The lowest BCUT2D eigenvalue weighted by molar-refractivity contribution is -0.129. The van der Waals surface area contributed by atoms with E-state index >= 15 is 0 Å². The summed E-state index contributed by atoms with van der Waals surface area (Å²) in [6.07, 6.45) is 3.31. The van der Waals surface area contributed by atoms with Crippen LogP contribution in [0.25, 0.3) is 5.57 Å². The predicted octanol–water partition coefficient (Wildman–Crippen LogP) is 7.62. The van der Waals surface area contributed by atoms with Crippen LogP contribution in [0.15, 0.2) is 84.9 Å². The van der Waals surface area contributed by atoms with Crippen molar-refractivity contribution in [3.8, 4) is 28.9 Å². The number of rotatable bonds is 12. The van der Waals surface area contributed by atoms with Crippen molar-refractivity contribution >= 4 is 11.5 Å². The predicted molar refractivity (Wildman–Crippen MR) is 183 cm³/mol. The van der Waals surface area contributed by atoms with Crippen LogP contribution in [-0.4, -0.2) is 50.3 Å². The summed E-state index contributed by atoms with van der Waals surface area (Å²) in [5, 5.41) is 0. The van der Waals surface area contributed by atoms with Gasteiger partial charge in [0.15, 0.2) is 5.75 Å². The van der Waals surface area contributed by atoms with Gasteiger partial charge in [0.1, 0.15) is 23.9 Å². The highest BCUT2D eigenvalue weighted by atomic mass is 16.5. The molecule has 246 valence electrons. The molecular weight excluding hydrogens is 592 g/mol. The number of aromatic nitrogens is 1. The molecule has 47 heavy (non-hydrogen) atoms. The van der Waals surface area contributed by atoms with Crippen molar-refractivity contribution in [3.63, 3.8) is 0 Å². The zero-order chi connectivity index (χ0) is 33.6. The molecule has 0 unspecified atom stereocenters. The molecule has 4 aromatic rings. The number of carbonyl (C=O) groups excluding carboxylic acids is 1. The van der Waals surface area contributed by atoms with Gasteiger partial charge in [-0.25, -0.2) is 4.98 Å². The SMILES string of the molecule is COc1ccc(COc2nc(C(=C[C@H]3CCC(=O)N3Cc3ccc(OC)cc3OC)c3ccc(C(C)(C)C)cc3)ccc2OC)cc1. The molecule has 2 heterocycles. The zero-order valence-electron chi connectivity index (χ0n) is 28.3. The summed E-state index contributed by atoms with van der Waals surface area (Å²) in [6, 6.07) is 25.6. The van der Waals surface area contributed by atoms with Crippen molar-refractivity contribution in [1.29, 1.82) is 0 Å². The Morgan fingerprint density at radius 2 is 1.51 bits per heavy atom. The van der Waals surface area contributed by atoms with Crippen LogP contribution in [0.4, 0.5) is 0 Å². The lowest BCUT2D eigenvalue weighted by atomic mass is 9.86. The van der Waals surface area contributed by atoms with E-state index in [-0.39, 0.29) is 17.4 Å². The van der Waals surface area contributed by atoms with Gasteiger partial charge in [0.05, 0.1) is 40.2 Å². The van der Waals surface area contributed by atoms with E-state index in [1.54, 1.807) is 28.4 Å². The van der Waals surface area contributed by atoms with E-state index in [1.165, 1.54) is 5.56 Å². The molecule has 1 aliphatic rings. The number of benzene rings is 3. The number of amides is 1. The van der Waals surface area contributed by atoms with Gasteiger partial charge in [0, 0.05) is 30.2 Å². The minimum absolute atomic E-state index is 0.00925. The minimum atomic E-state index is -0.154. The number of pyridine rings is 1. The highest BCUT2D eigenvalue weighted by Gasteiger charge is 2.31. The van der Waals surface area contributed by atoms with Gasteiger partial charge in [-0.3, -0.25) is 4.79 Å². The Morgan fingerprint density at radius 3 is 2.15 bits per heavy atom. The van der Waals surface area contributed by atoms with Crippen LogP contribution in [0.5, 0.6) is 28.9 Å². The van der Waals surface area contributed by atoms with Gasteiger partial charge in [-0.2, -0.15) is 0 Å². The molecule has 0 bridgehead atoms. The topological polar surface area (TPSA) is 79.4 Å². The molecule has 1 saturated heterocycles. The molecule has 8 nitrogen and oxygen atoms in total. The summed E-state index contributed by atoms with van der Waals surface area (Å²) >= 11 is 0. The number of hydrogen-bond acceptors (Lipinski definition) is 7. The quantitative estimate of drug-likeness (QED) is 0.158. The third-order valence-corrected chi connectivity index (χ3v) is 8.49. The average molecular weight is 637 g/mol. The van der Waals surface area contributed by atoms with Gasteiger partial charge in [0.25, 0.3) is 5.88 Å². The van der Waals surface area contributed by atoms with E-state index in [4.69, 9.17) is 28.7 Å². The molecule has 0 radical (unpaired) electrons. The molecule has 0 N–H and O–H groups in total. The van der Waals surface area contributed by atoms with Crippen molar-refractivity contribution in [2.75, 3.05) is 28.4 Å². The Bertz CT molecular complexity index is 1710. The molecule has 8 heteroatoms. The van der Waals surface area contributed by atoms with Gasteiger partial charge < -0.3 is 28.6 Å². The maximum Gasteiger partial charge on any atom is 0.257 e. The van der Waals surface area contributed by atoms with Crippen LogP contribution in [-0.2, 0) is 23.4 Å². The lowest BCUT2D eigenvalue weighted by Crippen LogP contribution is -2.31. The Kier molecular flexibility index (Phi) is 10.4. The molecule has 1 fully saturated rings. The first-order valence-electron chi connectivity index (χ1n) is 15.8. The maximum atomic E-state index is 13.3. The van der Waals surface area contributed by atoms with Crippen LogP contribution in [0.2, 0.25) is 0 Å². The molecule has 5 rings (SSSR count). The number of carbonyl (C=O) groups is 1. The van der Waals surface area contributed by atoms with Crippen molar-refractivity contribution in [2.45, 2.75) is 58.2 Å². The van der Waals surface area contributed by atoms with Crippen LogP contribution < -0.4 is 23.7 Å². The lowest BCUT2D eigenvalue weighted by Gasteiger charge is -2.25. The van der Waals surface area contributed by atoms with Crippen LogP contribution in [0.3, 0.4) is 0 Å². The molecule has 0 saturated carbocycles. The second-order valence-electron chi connectivity index (χ2n) is 12.6. The van der Waals surface area contributed by atoms with E-state index in [9.17, 15) is 4.79 Å². The molecule has 0 spiro atoms. The number of likely N-dealkylation sites (tertiary alicyclic amines) is 1. The van der Waals surface area contributed by atoms with Gasteiger partial charge in [-0.1, -0.05) is 63.2 Å². The summed E-state index contributed by atoms with van der Waals surface area (Å²) < 4.78 is 28.2. The van der Waals surface area contributed by atoms with Gasteiger partial charge in [-0.05, 0) is 64.9 Å². The van der Waals surface area contributed by atoms with Crippen molar-refractivity contribution in [1.82, 2.24) is 9.88 Å². The van der Waals surface area contributed by atoms with E-state index in [0.29, 0.717) is 49.1 Å². The normalized spacial score (nSPS) is 15.0. The second kappa shape index (κ2) is 14.6. The summed E-state index contributed by atoms with van der Waals surface area (Å²) in [4.78, 5) is 20.2. The number of methoxy groups -OCH3 is 4. The number of hydrogen-bond donors (Lipinski definition) is 0. The first-order chi connectivity index (χ1) is 22.6. The third kappa shape index (κ3) is 7.88. The minimum Gasteiger partial charge on any atom is -0.497 e. The molecule has 1 atom stereocenters. The van der Waals surface area contributed by atoms with E-state index in [2.05, 4.69) is 51.1 Å².